The lowest BCUT2D eigenvalue weighted by Crippen LogP contribution is -2.02. The summed E-state index contributed by atoms with van der Waals surface area (Å²) in [5.41, 5.74) is 3.26. The smallest absolute Gasteiger partial charge is 0.138 e. The first kappa shape index (κ1) is 14.2. The first-order valence-corrected chi connectivity index (χ1v) is 8.84. The molecule has 1 N–H and O–H groups in total. The second-order valence-corrected chi connectivity index (χ2v) is 6.84. The van der Waals surface area contributed by atoms with Gasteiger partial charge in [-0.15, -0.1) is 22.7 Å². The van der Waals surface area contributed by atoms with E-state index in [2.05, 4.69) is 42.9 Å². The Hall–Kier alpha value is -2.38. The van der Waals surface area contributed by atoms with E-state index in [0.717, 1.165) is 32.3 Å². The second-order valence-electron chi connectivity index (χ2n) is 5.04. The van der Waals surface area contributed by atoms with E-state index in [1.54, 1.807) is 41.4 Å². The van der Waals surface area contributed by atoms with E-state index in [0.29, 0.717) is 6.54 Å². The lowest BCUT2D eigenvalue weighted by Gasteiger charge is -2.05. The molecule has 0 saturated carbocycles. The van der Waals surface area contributed by atoms with Gasteiger partial charge in [0.05, 0.1) is 17.6 Å². The van der Waals surface area contributed by atoms with Crippen LogP contribution in [0.3, 0.4) is 0 Å². The van der Waals surface area contributed by atoms with Gasteiger partial charge < -0.3 is 5.32 Å². The molecule has 0 aliphatic rings. The molecule has 4 aromatic rings. The van der Waals surface area contributed by atoms with Crippen LogP contribution in [0.15, 0.2) is 41.6 Å². The van der Waals surface area contributed by atoms with Crippen molar-refractivity contribution in [3.8, 4) is 11.3 Å². The zero-order valence-electron chi connectivity index (χ0n) is 12.4. The molecule has 0 radical (unpaired) electrons. The van der Waals surface area contributed by atoms with E-state index in [-0.39, 0.29) is 0 Å². The van der Waals surface area contributed by atoms with Crippen LogP contribution >= 0.6 is 22.7 Å². The van der Waals surface area contributed by atoms with Gasteiger partial charge in [0.25, 0.3) is 0 Å². The molecule has 23 heavy (non-hydrogen) atoms. The van der Waals surface area contributed by atoms with Crippen molar-refractivity contribution in [3.05, 3.63) is 52.2 Å². The maximum atomic E-state index is 4.67. The quantitative estimate of drug-likeness (QED) is 0.605. The molecule has 7 heteroatoms. The Morgan fingerprint density at radius 2 is 1.96 bits per heavy atom. The summed E-state index contributed by atoms with van der Waals surface area (Å²) in [4.78, 5) is 18.4. The predicted octanol–water partition coefficient (Wildman–Crippen LogP) is 4.13. The summed E-state index contributed by atoms with van der Waals surface area (Å²) in [7, 11) is 0. The monoisotopic (exact) mass is 339 g/mol. The van der Waals surface area contributed by atoms with Crippen molar-refractivity contribution in [1.29, 1.82) is 0 Å². The molecule has 0 amide bonds. The van der Waals surface area contributed by atoms with Gasteiger partial charge in [0.15, 0.2) is 0 Å². The van der Waals surface area contributed by atoms with Crippen molar-refractivity contribution in [3.63, 3.8) is 0 Å². The topological polar surface area (TPSA) is 63.6 Å². The molecule has 4 aromatic heterocycles. The van der Waals surface area contributed by atoms with E-state index in [9.17, 15) is 0 Å². The maximum Gasteiger partial charge on any atom is 0.138 e. The number of fused-ring (bicyclic) bond motifs is 1. The highest BCUT2D eigenvalue weighted by molar-refractivity contribution is 7.17. The molecule has 0 aliphatic carbocycles. The van der Waals surface area contributed by atoms with Gasteiger partial charge in [-0.05, 0) is 30.0 Å². The van der Waals surface area contributed by atoms with E-state index < -0.39 is 0 Å². The second kappa shape index (κ2) is 6.02. The molecule has 0 fully saturated rings. The Kier molecular flexibility index (Phi) is 3.72. The van der Waals surface area contributed by atoms with Crippen LogP contribution in [0.5, 0.6) is 0 Å². The van der Waals surface area contributed by atoms with Crippen LogP contribution in [-0.2, 0) is 6.54 Å². The van der Waals surface area contributed by atoms with Gasteiger partial charge in [0, 0.05) is 23.3 Å². The molecule has 0 atom stereocenters. The Balaban J connectivity index is 1.55. The Labute approximate surface area is 141 Å². The Morgan fingerprint density at radius 1 is 1.09 bits per heavy atom. The van der Waals surface area contributed by atoms with Crippen LogP contribution in [0, 0.1) is 6.92 Å². The molecule has 0 saturated heterocycles. The number of nitrogens with zero attached hydrogens (tertiary/aromatic N) is 4. The molecule has 0 spiro atoms. The fraction of sp³-hybridized carbons (Fsp3) is 0.125. The van der Waals surface area contributed by atoms with Gasteiger partial charge in [-0.1, -0.05) is 0 Å². The fourth-order valence-electron chi connectivity index (χ4n) is 2.36. The zero-order chi connectivity index (χ0) is 15.6. The van der Waals surface area contributed by atoms with Crippen LogP contribution in [0.25, 0.3) is 21.5 Å². The third-order valence-electron chi connectivity index (χ3n) is 3.49. The van der Waals surface area contributed by atoms with Crippen molar-refractivity contribution in [2.24, 2.45) is 0 Å². The van der Waals surface area contributed by atoms with E-state index in [1.807, 2.05) is 12.1 Å². The molecule has 5 nitrogen and oxygen atoms in total. The number of thiazole rings is 1. The molecule has 0 bridgehead atoms. The number of aryl methyl sites for hydroxylation is 1. The first-order valence-electron chi connectivity index (χ1n) is 7.09. The number of aromatic nitrogens is 4. The van der Waals surface area contributed by atoms with Gasteiger partial charge in [-0.25, -0.2) is 15.0 Å². The number of pyridine rings is 1. The predicted molar refractivity (Wildman–Crippen MR) is 94.8 cm³/mol. The molecule has 0 aliphatic heterocycles. The third kappa shape index (κ3) is 2.80. The minimum Gasteiger partial charge on any atom is -0.363 e. The molecular formula is C16H13N5S2. The lowest BCUT2D eigenvalue weighted by molar-refractivity contribution is 1.08. The van der Waals surface area contributed by atoms with Crippen molar-refractivity contribution in [2.75, 3.05) is 5.32 Å². The summed E-state index contributed by atoms with van der Waals surface area (Å²) in [6.07, 6.45) is 5.16. The summed E-state index contributed by atoms with van der Waals surface area (Å²) in [6, 6.07) is 3.93. The van der Waals surface area contributed by atoms with E-state index in [4.69, 9.17) is 0 Å². The molecule has 0 unspecified atom stereocenters. The average Bonchev–Trinajstić information content (AvgIpc) is 3.21. The summed E-state index contributed by atoms with van der Waals surface area (Å²) in [5, 5.41) is 9.69. The van der Waals surface area contributed by atoms with Gasteiger partial charge in [0.2, 0.25) is 0 Å². The van der Waals surface area contributed by atoms with Crippen molar-refractivity contribution >= 4 is 38.7 Å². The molecule has 4 rings (SSSR count). The first-order chi connectivity index (χ1) is 11.3. The van der Waals surface area contributed by atoms with Gasteiger partial charge in [-0.2, -0.15) is 0 Å². The fourth-order valence-corrected chi connectivity index (χ4v) is 3.99. The van der Waals surface area contributed by atoms with E-state index in [1.165, 1.54) is 5.56 Å². The highest BCUT2D eigenvalue weighted by Gasteiger charge is 2.09. The van der Waals surface area contributed by atoms with Crippen LogP contribution in [0.1, 0.15) is 10.6 Å². The normalized spacial score (nSPS) is 11.0. The summed E-state index contributed by atoms with van der Waals surface area (Å²) < 4.78 is 0. The number of nitrogens with one attached hydrogen (secondary N) is 1. The maximum absolute atomic E-state index is 4.67. The summed E-state index contributed by atoms with van der Waals surface area (Å²) >= 11 is 3.28. The van der Waals surface area contributed by atoms with Gasteiger partial charge in [-0.3, -0.25) is 4.98 Å². The number of rotatable bonds is 4. The molecule has 114 valence electrons. The largest absolute Gasteiger partial charge is 0.363 e. The molecule has 0 aromatic carbocycles. The zero-order valence-corrected chi connectivity index (χ0v) is 14.0. The van der Waals surface area contributed by atoms with Crippen molar-refractivity contribution < 1.29 is 0 Å². The summed E-state index contributed by atoms with van der Waals surface area (Å²) in [6.45, 7) is 2.73. The van der Waals surface area contributed by atoms with Crippen LogP contribution in [0.4, 0.5) is 5.82 Å². The standard InChI is InChI=1S/C16H13N5S2/c1-10-7-23-16-14(10)15(19-9-20-16)18-6-13-21-12(8-22-13)11-2-4-17-5-3-11/h2-5,7-9H,6H2,1H3,(H,18,19,20). The van der Waals surface area contributed by atoms with E-state index >= 15 is 0 Å². The number of hydrogen-bond donors (Lipinski definition) is 1. The van der Waals surface area contributed by atoms with Crippen LogP contribution in [-0.4, -0.2) is 19.9 Å². The third-order valence-corrected chi connectivity index (χ3v) is 5.34. The van der Waals surface area contributed by atoms with Gasteiger partial charge in [0.1, 0.15) is 22.0 Å². The molecular weight excluding hydrogens is 326 g/mol. The number of thiophene rings is 1. The van der Waals surface area contributed by atoms with Crippen molar-refractivity contribution in [2.45, 2.75) is 13.5 Å². The highest BCUT2D eigenvalue weighted by atomic mass is 32.1. The highest BCUT2D eigenvalue weighted by Crippen LogP contribution is 2.29. The minimum absolute atomic E-state index is 0.650. The number of anilines is 1. The summed E-state index contributed by atoms with van der Waals surface area (Å²) in [5.74, 6) is 0.870. The minimum atomic E-state index is 0.650. The van der Waals surface area contributed by atoms with Crippen LogP contribution < -0.4 is 5.32 Å². The van der Waals surface area contributed by atoms with Crippen LogP contribution in [0.2, 0.25) is 0 Å². The average molecular weight is 339 g/mol. The SMILES string of the molecule is Cc1csc2ncnc(NCc3nc(-c4ccncc4)cs3)c12. The molecule has 4 heterocycles. The van der Waals surface area contributed by atoms with Crippen molar-refractivity contribution in [1.82, 2.24) is 19.9 Å². The Bertz CT molecular complexity index is 945. The Morgan fingerprint density at radius 3 is 2.83 bits per heavy atom. The number of hydrogen-bond acceptors (Lipinski definition) is 7. The lowest BCUT2D eigenvalue weighted by atomic mass is 10.2. The van der Waals surface area contributed by atoms with Gasteiger partial charge >= 0.3 is 0 Å².